The predicted octanol–water partition coefficient (Wildman–Crippen LogP) is 5.58. The number of anilines is 2. The Labute approximate surface area is 198 Å². The zero-order valence-corrected chi connectivity index (χ0v) is 18.9. The summed E-state index contributed by atoms with van der Waals surface area (Å²) in [6, 6.07) is 17.9. The highest BCUT2D eigenvalue weighted by molar-refractivity contribution is 6.68. The number of imide groups is 1. The van der Waals surface area contributed by atoms with Crippen LogP contribution in [0.4, 0.5) is 20.6 Å². The Kier molecular flexibility index (Phi) is 5.99. The number of alkyl halides is 3. The molecule has 0 aromatic heterocycles. The number of fused-ring (bicyclic) bond motifs is 1. The van der Waals surface area contributed by atoms with Crippen LogP contribution in [0.25, 0.3) is 10.8 Å². The van der Waals surface area contributed by atoms with Crippen LogP contribution in [-0.4, -0.2) is 39.7 Å². The second-order valence-electron chi connectivity index (χ2n) is 7.04. The molecule has 3 amide bonds. The first kappa shape index (κ1) is 22.3. The van der Waals surface area contributed by atoms with Crippen LogP contribution in [0, 0.1) is 5.82 Å². The molecule has 0 radical (unpaired) electrons. The first-order valence-corrected chi connectivity index (χ1v) is 10.6. The van der Waals surface area contributed by atoms with Gasteiger partial charge < -0.3 is 5.32 Å². The SMILES string of the molecule is CN1C(=O)C(=NC(Nc2ccc3ccccc3c2)C(Cl)(Cl)Cl)N(c2ccccc2F)C1=O. The van der Waals surface area contributed by atoms with Crippen LogP contribution in [0.15, 0.2) is 71.7 Å². The standard InChI is InChI=1S/C22H16Cl3FN4O2/c1-29-19(31)18(30(21(29)32)17-9-5-4-8-16(17)26)28-20(22(23,24)25)27-15-11-10-13-6-2-3-7-14(13)12-15/h2-12,20,27H,1H3. The molecule has 0 spiro atoms. The van der Waals surface area contributed by atoms with Gasteiger partial charge in [0.1, 0.15) is 5.82 Å². The summed E-state index contributed by atoms with van der Waals surface area (Å²) in [4.78, 5) is 31.4. The van der Waals surface area contributed by atoms with E-state index < -0.39 is 27.7 Å². The average Bonchev–Trinajstić information content (AvgIpc) is 2.96. The van der Waals surface area contributed by atoms with Crippen molar-refractivity contribution in [2.24, 2.45) is 4.99 Å². The first-order valence-electron chi connectivity index (χ1n) is 9.43. The fourth-order valence-corrected chi connectivity index (χ4v) is 3.59. The number of carbonyl (C=O) groups excluding carboxylic acids is 2. The lowest BCUT2D eigenvalue weighted by molar-refractivity contribution is -0.119. The molecule has 3 aromatic carbocycles. The van der Waals surface area contributed by atoms with E-state index in [9.17, 15) is 14.0 Å². The lowest BCUT2D eigenvalue weighted by atomic mass is 10.1. The summed E-state index contributed by atoms with van der Waals surface area (Å²) in [7, 11) is 1.27. The molecule has 0 saturated carbocycles. The maximum absolute atomic E-state index is 14.4. The van der Waals surface area contributed by atoms with Crippen molar-refractivity contribution >= 4 is 74.7 Å². The minimum atomic E-state index is -2.00. The summed E-state index contributed by atoms with van der Waals surface area (Å²) < 4.78 is 12.4. The maximum Gasteiger partial charge on any atom is 0.337 e. The number of carbonyl (C=O) groups is 2. The second-order valence-corrected chi connectivity index (χ2v) is 9.41. The Morgan fingerprint density at radius 3 is 2.31 bits per heavy atom. The van der Waals surface area contributed by atoms with Crippen molar-refractivity contribution in [3.8, 4) is 0 Å². The number of para-hydroxylation sites is 1. The normalized spacial score (nSPS) is 16.8. The number of likely N-dealkylation sites (N-methyl/N-ethyl adjacent to an activating group) is 1. The first-order chi connectivity index (χ1) is 15.2. The van der Waals surface area contributed by atoms with E-state index in [0.717, 1.165) is 20.6 Å². The molecule has 1 aliphatic rings. The molecule has 1 aliphatic heterocycles. The van der Waals surface area contributed by atoms with Gasteiger partial charge in [-0.3, -0.25) is 9.69 Å². The topological polar surface area (TPSA) is 65.0 Å². The zero-order chi connectivity index (χ0) is 23.0. The van der Waals surface area contributed by atoms with Gasteiger partial charge in [-0.1, -0.05) is 77.3 Å². The number of urea groups is 1. The lowest BCUT2D eigenvalue weighted by Crippen LogP contribution is -2.38. The number of nitrogens with one attached hydrogen (secondary N) is 1. The number of rotatable bonds is 4. The third-order valence-corrected chi connectivity index (χ3v) is 5.51. The van der Waals surface area contributed by atoms with Gasteiger partial charge in [-0.25, -0.2) is 19.1 Å². The quantitative estimate of drug-likeness (QED) is 0.381. The highest BCUT2D eigenvalue weighted by atomic mass is 35.6. The number of hydrogen-bond donors (Lipinski definition) is 1. The summed E-state index contributed by atoms with van der Waals surface area (Å²) in [6.45, 7) is 0. The second kappa shape index (κ2) is 8.58. The van der Waals surface area contributed by atoms with Gasteiger partial charge in [0.05, 0.1) is 5.69 Å². The molecule has 1 fully saturated rings. The third-order valence-electron chi connectivity index (χ3n) is 4.89. The van der Waals surface area contributed by atoms with Crippen molar-refractivity contribution in [2.45, 2.75) is 9.96 Å². The van der Waals surface area contributed by atoms with E-state index in [0.29, 0.717) is 5.69 Å². The summed E-state index contributed by atoms with van der Waals surface area (Å²) in [6.07, 6.45) is -1.26. The predicted molar refractivity (Wildman–Crippen MR) is 126 cm³/mol. The highest BCUT2D eigenvalue weighted by Gasteiger charge is 2.44. The molecule has 164 valence electrons. The molecule has 0 bridgehead atoms. The molecule has 1 N–H and O–H groups in total. The fourth-order valence-electron chi connectivity index (χ4n) is 3.28. The molecule has 6 nitrogen and oxygen atoms in total. The molecule has 10 heteroatoms. The number of amidine groups is 1. The molecule has 1 atom stereocenters. The molecule has 1 saturated heterocycles. The average molecular weight is 494 g/mol. The number of halogens is 4. The van der Waals surface area contributed by atoms with Gasteiger partial charge >= 0.3 is 6.03 Å². The van der Waals surface area contributed by atoms with Crippen LogP contribution >= 0.6 is 34.8 Å². The third kappa shape index (κ3) is 4.24. The van der Waals surface area contributed by atoms with Crippen LogP contribution < -0.4 is 10.2 Å². The largest absolute Gasteiger partial charge is 0.360 e. The number of nitrogens with zero attached hydrogens (tertiary/aromatic N) is 3. The van der Waals surface area contributed by atoms with Crippen molar-refractivity contribution in [3.63, 3.8) is 0 Å². The smallest absolute Gasteiger partial charge is 0.337 e. The van der Waals surface area contributed by atoms with E-state index in [2.05, 4.69) is 10.3 Å². The van der Waals surface area contributed by atoms with Gasteiger partial charge in [0.2, 0.25) is 9.63 Å². The molecular formula is C22H16Cl3FN4O2. The zero-order valence-electron chi connectivity index (χ0n) is 16.6. The molecule has 0 aliphatic carbocycles. The van der Waals surface area contributed by atoms with Gasteiger partial charge in [0.25, 0.3) is 5.91 Å². The van der Waals surface area contributed by atoms with Crippen molar-refractivity contribution < 1.29 is 14.0 Å². The van der Waals surface area contributed by atoms with Crippen LogP contribution in [0.5, 0.6) is 0 Å². The van der Waals surface area contributed by atoms with E-state index in [1.807, 2.05) is 36.4 Å². The van der Waals surface area contributed by atoms with Gasteiger partial charge in [0, 0.05) is 12.7 Å². The van der Waals surface area contributed by atoms with Gasteiger partial charge in [-0.05, 0) is 35.0 Å². The Hall–Kier alpha value is -2.87. The summed E-state index contributed by atoms with van der Waals surface area (Å²) in [5.41, 5.74) is 0.440. The fraction of sp³-hybridized carbons (Fsp3) is 0.136. The van der Waals surface area contributed by atoms with Crippen molar-refractivity contribution in [1.29, 1.82) is 0 Å². The van der Waals surface area contributed by atoms with E-state index in [1.54, 1.807) is 6.07 Å². The number of hydrogen-bond acceptors (Lipinski definition) is 4. The monoisotopic (exact) mass is 492 g/mol. The van der Waals surface area contributed by atoms with Crippen LogP contribution in [0.1, 0.15) is 0 Å². The van der Waals surface area contributed by atoms with Crippen molar-refractivity contribution in [3.05, 3.63) is 72.5 Å². The van der Waals surface area contributed by atoms with Crippen LogP contribution in [-0.2, 0) is 4.79 Å². The lowest BCUT2D eigenvalue weighted by Gasteiger charge is -2.25. The number of aliphatic imine (C=N–C) groups is 1. The minimum absolute atomic E-state index is 0.136. The summed E-state index contributed by atoms with van der Waals surface area (Å²) >= 11 is 18.5. The molecule has 32 heavy (non-hydrogen) atoms. The van der Waals surface area contributed by atoms with Gasteiger partial charge in [-0.2, -0.15) is 0 Å². The van der Waals surface area contributed by atoms with Crippen molar-refractivity contribution in [1.82, 2.24) is 4.90 Å². The maximum atomic E-state index is 14.4. The minimum Gasteiger partial charge on any atom is -0.360 e. The van der Waals surface area contributed by atoms with E-state index in [1.165, 1.54) is 31.3 Å². The highest BCUT2D eigenvalue weighted by Crippen LogP contribution is 2.35. The Morgan fingerprint density at radius 2 is 1.62 bits per heavy atom. The van der Waals surface area contributed by atoms with E-state index in [4.69, 9.17) is 34.8 Å². The van der Waals surface area contributed by atoms with Crippen molar-refractivity contribution in [2.75, 3.05) is 17.3 Å². The molecule has 1 unspecified atom stereocenters. The Bertz CT molecular complexity index is 1250. The van der Waals surface area contributed by atoms with Gasteiger partial charge in [-0.15, -0.1) is 0 Å². The van der Waals surface area contributed by atoms with E-state index in [-0.39, 0.29) is 11.5 Å². The number of amides is 3. The van der Waals surface area contributed by atoms with Crippen LogP contribution in [0.3, 0.4) is 0 Å². The Morgan fingerprint density at radius 1 is 0.969 bits per heavy atom. The Balaban J connectivity index is 1.76. The molecule has 1 heterocycles. The molecule has 3 aromatic rings. The summed E-state index contributed by atoms with van der Waals surface area (Å²) in [5, 5.41) is 4.94. The summed E-state index contributed by atoms with van der Waals surface area (Å²) in [5.74, 6) is -1.82. The molecular weight excluding hydrogens is 478 g/mol. The molecule has 4 rings (SSSR count). The van der Waals surface area contributed by atoms with E-state index >= 15 is 0 Å². The van der Waals surface area contributed by atoms with Gasteiger partial charge in [0.15, 0.2) is 6.17 Å². The van der Waals surface area contributed by atoms with Crippen LogP contribution in [0.2, 0.25) is 0 Å². The number of benzene rings is 3.